The fourth-order valence-corrected chi connectivity index (χ4v) is 6.01. The van der Waals surface area contributed by atoms with Gasteiger partial charge in [-0.2, -0.15) is 0 Å². The lowest BCUT2D eigenvalue weighted by Gasteiger charge is -2.33. The lowest BCUT2D eigenvalue weighted by molar-refractivity contribution is -0.144. The van der Waals surface area contributed by atoms with Gasteiger partial charge < -0.3 is 30.7 Å². The van der Waals surface area contributed by atoms with E-state index in [-0.39, 0.29) is 25.0 Å². The van der Waals surface area contributed by atoms with E-state index in [4.69, 9.17) is 4.74 Å². The molecular formula is C33H44N4O6. The number of amides is 4. The third-order valence-corrected chi connectivity index (χ3v) is 8.17. The van der Waals surface area contributed by atoms with Crippen molar-refractivity contribution in [2.24, 2.45) is 5.92 Å². The zero-order valence-electron chi connectivity index (χ0n) is 25.4. The van der Waals surface area contributed by atoms with Crippen LogP contribution in [0.5, 0.6) is 0 Å². The van der Waals surface area contributed by atoms with E-state index in [2.05, 4.69) is 16.0 Å². The van der Waals surface area contributed by atoms with Crippen LogP contribution in [0.4, 0.5) is 4.79 Å². The second-order valence-electron chi connectivity index (χ2n) is 12.4. The number of fused-ring (bicyclic) bond motifs is 1. The summed E-state index contributed by atoms with van der Waals surface area (Å²) in [6.45, 7) is 6.63. The number of ether oxygens (including phenoxy) is 1. The zero-order valence-corrected chi connectivity index (χ0v) is 25.4. The van der Waals surface area contributed by atoms with E-state index in [0.717, 1.165) is 11.1 Å². The van der Waals surface area contributed by atoms with Crippen molar-refractivity contribution < 1.29 is 29.0 Å². The van der Waals surface area contributed by atoms with Crippen LogP contribution in [0.1, 0.15) is 77.0 Å². The first-order valence-electron chi connectivity index (χ1n) is 15.2. The molecule has 2 aromatic rings. The fraction of sp³-hybridized carbons (Fsp3) is 0.515. The first-order valence-corrected chi connectivity index (χ1v) is 15.2. The SMILES string of the molecule is CC[C@H](NC(=O)OC(C)(C)C)C(=O)N[C@@H]1C(=O)N2[C@@H](CC[C@@H]1CO)CC[C@H]2C(=O)NC(c1ccccc1)c1ccccc1. The molecule has 0 aromatic heterocycles. The number of carbonyl (C=O) groups is 4. The third kappa shape index (κ3) is 7.93. The Hall–Kier alpha value is -3.92. The predicted molar refractivity (Wildman–Crippen MR) is 162 cm³/mol. The molecule has 2 aliphatic rings. The molecule has 4 rings (SSSR count). The van der Waals surface area contributed by atoms with Crippen LogP contribution in [0.15, 0.2) is 60.7 Å². The van der Waals surface area contributed by atoms with Crippen molar-refractivity contribution in [1.29, 1.82) is 0 Å². The highest BCUT2D eigenvalue weighted by atomic mass is 16.6. The van der Waals surface area contributed by atoms with Crippen molar-refractivity contribution in [2.75, 3.05) is 6.61 Å². The summed E-state index contributed by atoms with van der Waals surface area (Å²) in [6, 6.07) is 16.1. The highest BCUT2D eigenvalue weighted by molar-refractivity contribution is 5.95. The molecule has 0 unspecified atom stereocenters. The van der Waals surface area contributed by atoms with Gasteiger partial charge in [0.15, 0.2) is 0 Å². The Morgan fingerprint density at radius 2 is 1.51 bits per heavy atom. The summed E-state index contributed by atoms with van der Waals surface area (Å²) in [5, 5.41) is 18.8. The Balaban J connectivity index is 1.53. The van der Waals surface area contributed by atoms with E-state index < -0.39 is 53.6 Å². The van der Waals surface area contributed by atoms with Gasteiger partial charge in [0.25, 0.3) is 0 Å². The summed E-state index contributed by atoms with van der Waals surface area (Å²) in [6.07, 6.45) is 1.82. The molecule has 2 heterocycles. The van der Waals surface area contributed by atoms with E-state index >= 15 is 0 Å². The lowest BCUT2D eigenvalue weighted by atomic mass is 9.93. The standard InChI is InChI=1S/C33H44N4O6/c1-5-25(34-32(42)43-33(2,3)4)29(39)36-28-23(20-38)16-17-24-18-19-26(37(24)31(28)41)30(40)35-27(21-12-8-6-9-13-21)22-14-10-7-11-15-22/h6-15,23-28,38H,5,16-20H2,1-4H3,(H,34,42)(H,35,40)(H,36,39)/t23-,24+,25+,26+,28+/m1/s1. The first-order chi connectivity index (χ1) is 20.5. The molecule has 2 aliphatic heterocycles. The lowest BCUT2D eigenvalue weighted by Crippen LogP contribution is -2.59. The van der Waals surface area contributed by atoms with Crippen LogP contribution in [-0.4, -0.2) is 70.2 Å². The number of hydrogen-bond acceptors (Lipinski definition) is 6. The Morgan fingerprint density at radius 3 is 2.05 bits per heavy atom. The Labute approximate surface area is 253 Å². The van der Waals surface area contributed by atoms with Gasteiger partial charge in [-0.25, -0.2) is 4.79 Å². The molecule has 10 heteroatoms. The van der Waals surface area contributed by atoms with Crippen LogP contribution < -0.4 is 16.0 Å². The van der Waals surface area contributed by atoms with Gasteiger partial charge in [-0.05, 0) is 64.0 Å². The Morgan fingerprint density at radius 1 is 0.930 bits per heavy atom. The number of nitrogens with zero attached hydrogens (tertiary/aromatic N) is 1. The van der Waals surface area contributed by atoms with Crippen LogP contribution in [0.3, 0.4) is 0 Å². The summed E-state index contributed by atoms with van der Waals surface area (Å²) in [7, 11) is 0. The molecule has 2 saturated heterocycles. The number of carbonyl (C=O) groups excluding carboxylic acids is 4. The van der Waals surface area contributed by atoms with Crippen LogP contribution in [-0.2, 0) is 19.1 Å². The normalized spacial score (nSPS) is 22.7. The largest absolute Gasteiger partial charge is 0.444 e. The highest BCUT2D eigenvalue weighted by Gasteiger charge is 2.48. The van der Waals surface area contributed by atoms with Crippen LogP contribution in [0.2, 0.25) is 0 Å². The summed E-state index contributed by atoms with van der Waals surface area (Å²) in [5.74, 6) is -1.72. The first kappa shape index (κ1) is 32.0. The third-order valence-electron chi connectivity index (χ3n) is 8.17. The predicted octanol–water partition coefficient (Wildman–Crippen LogP) is 3.44. The number of nitrogens with one attached hydrogen (secondary N) is 3. The number of aliphatic hydroxyl groups excluding tert-OH is 1. The van der Waals surface area contributed by atoms with Crippen LogP contribution in [0.25, 0.3) is 0 Å². The molecule has 10 nitrogen and oxygen atoms in total. The van der Waals surface area contributed by atoms with E-state index in [1.165, 1.54) is 0 Å². The minimum Gasteiger partial charge on any atom is -0.444 e. The summed E-state index contributed by atoms with van der Waals surface area (Å²) < 4.78 is 5.30. The summed E-state index contributed by atoms with van der Waals surface area (Å²) >= 11 is 0. The van der Waals surface area contributed by atoms with E-state index in [9.17, 15) is 24.3 Å². The molecule has 0 aliphatic carbocycles. The quantitative estimate of drug-likeness (QED) is 0.352. The molecule has 0 radical (unpaired) electrons. The van der Waals surface area contributed by atoms with E-state index in [0.29, 0.717) is 25.7 Å². The van der Waals surface area contributed by atoms with Gasteiger partial charge in [-0.1, -0.05) is 67.6 Å². The number of benzene rings is 2. The summed E-state index contributed by atoms with van der Waals surface area (Å²) in [4.78, 5) is 55.3. The minimum atomic E-state index is -1.04. The van der Waals surface area contributed by atoms with Gasteiger partial charge in [0.1, 0.15) is 23.7 Å². The van der Waals surface area contributed by atoms with Crippen molar-refractivity contribution in [1.82, 2.24) is 20.9 Å². The van der Waals surface area contributed by atoms with Crippen molar-refractivity contribution in [3.8, 4) is 0 Å². The molecule has 2 aromatic carbocycles. The second-order valence-corrected chi connectivity index (χ2v) is 12.4. The Kier molecular flexibility index (Phi) is 10.4. The molecular weight excluding hydrogens is 548 g/mol. The average molecular weight is 593 g/mol. The Bertz CT molecular complexity index is 1230. The number of hydrogen-bond donors (Lipinski definition) is 4. The van der Waals surface area contributed by atoms with Crippen LogP contribution >= 0.6 is 0 Å². The highest BCUT2D eigenvalue weighted by Crippen LogP contribution is 2.35. The summed E-state index contributed by atoms with van der Waals surface area (Å²) in [5.41, 5.74) is 1.11. The van der Waals surface area contributed by atoms with E-state index in [1.807, 2.05) is 60.7 Å². The molecule has 4 N–H and O–H groups in total. The molecule has 0 spiro atoms. The fourth-order valence-electron chi connectivity index (χ4n) is 6.01. The topological polar surface area (TPSA) is 137 Å². The van der Waals surface area contributed by atoms with Crippen molar-refractivity contribution in [3.05, 3.63) is 71.8 Å². The maximum Gasteiger partial charge on any atom is 0.408 e. The van der Waals surface area contributed by atoms with Crippen molar-refractivity contribution in [2.45, 2.75) is 95.6 Å². The molecule has 0 saturated carbocycles. The second kappa shape index (κ2) is 14.0. The van der Waals surface area contributed by atoms with Crippen LogP contribution in [0, 0.1) is 5.92 Å². The maximum absolute atomic E-state index is 14.1. The molecule has 4 amide bonds. The molecule has 5 atom stereocenters. The number of aliphatic hydroxyl groups is 1. The average Bonchev–Trinajstić information content (AvgIpc) is 3.36. The van der Waals surface area contributed by atoms with Gasteiger partial charge in [-0.3, -0.25) is 14.4 Å². The number of rotatable bonds is 9. The molecule has 232 valence electrons. The molecule has 43 heavy (non-hydrogen) atoms. The van der Waals surface area contributed by atoms with Crippen molar-refractivity contribution >= 4 is 23.8 Å². The monoisotopic (exact) mass is 592 g/mol. The smallest absolute Gasteiger partial charge is 0.408 e. The molecule has 0 bridgehead atoms. The molecule has 2 fully saturated rings. The minimum absolute atomic E-state index is 0.173. The zero-order chi connectivity index (χ0) is 31.1. The van der Waals surface area contributed by atoms with E-state index in [1.54, 1.807) is 32.6 Å². The van der Waals surface area contributed by atoms with Crippen molar-refractivity contribution in [3.63, 3.8) is 0 Å². The maximum atomic E-state index is 14.1. The number of alkyl carbamates (subject to hydrolysis) is 1. The van der Waals surface area contributed by atoms with Gasteiger partial charge >= 0.3 is 6.09 Å². The van der Waals surface area contributed by atoms with Gasteiger partial charge in [-0.15, -0.1) is 0 Å². The van der Waals surface area contributed by atoms with Gasteiger partial charge in [0.2, 0.25) is 17.7 Å². The van der Waals surface area contributed by atoms with Gasteiger partial charge in [0, 0.05) is 18.6 Å². The van der Waals surface area contributed by atoms with Gasteiger partial charge in [0.05, 0.1) is 6.04 Å².